The van der Waals surface area contributed by atoms with Gasteiger partial charge in [-0.1, -0.05) is 78.6 Å². The SMILES string of the molecule is CC(=Cc1ccccc1)C=C1SC(=S)N(CC(=O)NNc2ccccc2)C1=O. The average molecular weight is 410 g/mol. The number of amides is 2. The van der Waals surface area contributed by atoms with E-state index in [4.69, 9.17) is 12.2 Å². The van der Waals surface area contributed by atoms with Gasteiger partial charge >= 0.3 is 0 Å². The van der Waals surface area contributed by atoms with Gasteiger partial charge in [0.1, 0.15) is 10.9 Å². The number of hydrazine groups is 1. The summed E-state index contributed by atoms with van der Waals surface area (Å²) in [7, 11) is 0. The number of benzene rings is 2. The van der Waals surface area contributed by atoms with Crippen LogP contribution in [0.4, 0.5) is 5.69 Å². The number of nitrogens with one attached hydrogen (secondary N) is 2. The number of carbonyl (C=O) groups excluding carboxylic acids is 2. The Morgan fingerprint density at radius 1 is 1.11 bits per heavy atom. The molecule has 2 aromatic carbocycles. The minimum absolute atomic E-state index is 0.136. The number of nitrogens with zero attached hydrogens (tertiary/aromatic N) is 1. The molecule has 0 radical (unpaired) electrons. The fraction of sp³-hybridized carbons (Fsp3) is 0.0952. The second-order valence-corrected chi connectivity index (χ2v) is 7.78. The molecule has 1 saturated heterocycles. The van der Waals surface area contributed by atoms with E-state index in [0.29, 0.717) is 9.23 Å². The first-order valence-electron chi connectivity index (χ1n) is 8.61. The highest BCUT2D eigenvalue weighted by Crippen LogP contribution is 2.31. The van der Waals surface area contributed by atoms with Crippen LogP contribution in [0.2, 0.25) is 0 Å². The zero-order chi connectivity index (χ0) is 19.9. The van der Waals surface area contributed by atoms with Gasteiger partial charge in [0.15, 0.2) is 0 Å². The zero-order valence-corrected chi connectivity index (χ0v) is 16.8. The van der Waals surface area contributed by atoms with Crippen molar-refractivity contribution in [1.82, 2.24) is 10.3 Å². The Hall–Kier alpha value is -2.90. The van der Waals surface area contributed by atoms with E-state index in [-0.39, 0.29) is 18.4 Å². The molecule has 2 N–H and O–H groups in total. The van der Waals surface area contributed by atoms with E-state index in [1.807, 2.05) is 73.7 Å². The van der Waals surface area contributed by atoms with Crippen LogP contribution in [0, 0.1) is 0 Å². The van der Waals surface area contributed by atoms with E-state index in [1.54, 1.807) is 6.08 Å². The van der Waals surface area contributed by atoms with Crippen molar-refractivity contribution in [2.45, 2.75) is 6.92 Å². The van der Waals surface area contributed by atoms with Gasteiger partial charge in [0, 0.05) is 0 Å². The van der Waals surface area contributed by atoms with Crippen molar-refractivity contribution in [3.63, 3.8) is 0 Å². The molecule has 7 heteroatoms. The normalized spacial score (nSPS) is 15.8. The minimum Gasteiger partial charge on any atom is -0.299 e. The van der Waals surface area contributed by atoms with Crippen molar-refractivity contribution in [3.05, 3.63) is 82.8 Å². The Bertz CT molecular complexity index is 941. The first kappa shape index (κ1) is 19.9. The maximum absolute atomic E-state index is 12.6. The van der Waals surface area contributed by atoms with Crippen LogP contribution in [0.5, 0.6) is 0 Å². The third-order valence-electron chi connectivity index (χ3n) is 3.85. The quantitative estimate of drug-likeness (QED) is 0.429. The van der Waals surface area contributed by atoms with Crippen LogP contribution in [-0.2, 0) is 9.59 Å². The summed E-state index contributed by atoms with van der Waals surface area (Å²) in [5, 5.41) is 0. The van der Waals surface area contributed by atoms with Gasteiger partial charge in [0.25, 0.3) is 11.8 Å². The van der Waals surface area contributed by atoms with Crippen molar-refractivity contribution >= 4 is 51.9 Å². The van der Waals surface area contributed by atoms with Gasteiger partial charge in [0.2, 0.25) is 0 Å². The number of anilines is 1. The first-order valence-corrected chi connectivity index (χ1v) is 9.84. The molecule has 0 saturated carbocycles. The van der Waals surface area contributed by atoms with Crippen LogP contribution in [0.1, 0.15) is 12.5 Å². The molecule has 0 unspecified atom stereocenters. The number of hydrogen-bond donors (Lipinski definition) is 2. The summed E-state index contributed by atoms with van der Waals surface area (Å²) >= 11 is 6.49. The van der Waals surface area contributed by atoms with Gasteiger partial charge in [-0.3, -0.25) is 25.3 Å². The minimum atomic E-state index is -0.349. The summed E-state index contributed by atoms with van der Waals surface area (Å²) in [4.78, 5) is 26.6. The number of allylic oxidation sites excluding steroid dienone is 2. The van der Waals surface area contributed by atoms with Gasteiger partial charge in [-0.15, -0.1) is 0 Å². The third-order valence-corrected chi connectivity index (χ3v) is 5.23. The molecule has 3 rings (SSSR count). The van der Waals surface area contributed by atoms with Gasteiger partial charge in [0.05, 0.1) is 10.6 Å². The fourth-order valence-corrected chi connectivity index (χ4v) is 3.85. The number of para-hydroxylation sites is 1. The first-order chi connectivity index (χ1) is 13.5. The Morgan fingerprint density at radius 2 is 1.75 bits per heavy atom. The molecule has 1 aliphatic heterocycles. The molecule has 1 aliphatic rings. The number of hydrogen-bond acceptors (Lipinski definition) is 5. The highest BCUT2D eigenvalue weighted by molar-refractivity contribution is 8.26. The highest BCUT2D eigenvalue weighted by atomic mass is 32.2. The Morgan fingerprint density at radius 3 is 2.43 bits per heavy atom. The van der Waals surface area contributed by atoms with Crippen LogP contribution >= 0.6 is 24.0 Å². The summed E-state index contributed by atoms with van der Waals surface area (Å²) in [6.45, 7) is 1.79. The fourth-order valence-electron chi connectivity index (χ4n) is 2.54. The molecule has 0 spiro atoms. The largest absolute Gasteiger partial charge is 0.299 e. The van der Waals surface area contributed by atoms with E-state index >= 15 is 0 Å². The molecule has 1 heterocycles. The smallest absolute Gasteiger partial charge is 0.266 e. The molecule has 0 aromatic heterocycles. The van der Waals surface area contributed by atoms with Crippen molar-refractivity contribution < 1.29 is 9.59 Å². The molecule has 142 valence electrons. The number of rotatable bonds is 6. The predicted octanol–water partition coefficient (Wildman–Crippen LogP) is 3.98. The molecule has 2 aromatic rings. The summed E-state index contributed by atoms with van der Waals surface area (Å²) in [6.07, 6.45) is 3.79. The van der Waals surface area contributed by atoms with Crippen molar-refractivity contribution in [2.24, 2.45) is 0 Å². The lowest BCUT2D eigenvalue weighted by molar-refractivity contribution is -0.128. The Balaban J connectivity index is 1.61. The van der Waals surface area contributed by atoms with Gasteiger partial charge < -0.3 is 0 Å². The summed E-state index contributed by atoms with van der Waals surface area (Å²) in [6, 6.07) is 19.1. The van der Waals surface area contributed by atoms with E-state index in [0.717, 1.165) is 16.8 Å². The maximum atomic E-state index is 12.6. The highest BCUT2D eigenvalue weighted by Gasteiger charge is 2.33. The summed E-state index contributed by atoms with van der Waals surface area (Å²) in [5.74, 6) is -0.608. The van der Waals surface area contributed by atoms with E-state index in [2.05, 4.69) is 10.9 Å². The molecule has 1 fully saturated rings. The van der Waals surface area contributed by atoms with Crippen LogP contribution in [0.25, 0.3) is 6.08 Å². The van der Waals surface area contributed by atoms with Crippen LogP contribution < -0.4 is 10.9 Å². The van der Waals surface area contributed by atoms with Gasteiger partial charge in [-0.2, -0.15) is 0 Å². The van der Waals surface area contributed by atoms with E-state index < -0.39 is 0 Å². The lowest BCUT2D eigenvalue weighted by Gasteiger charge is -2.15. The van der Waals surface area contributed by atoms with Crippen molar-refractivity contribution in [2.75, 3.05) is 12.0 Å². The van der Waals surface area contributed by atoms with Crippen LogP contribution in [0.3, 0.4) is 0 Å². The second-order valence-electron chi connectivity index (χ2n) is 6.11. The Kier molecular flexibility index (Phi) is 6.62. The molecule has 0 atom stereocenters. The zero-order valence-electron chi connectivity index (χ0n) is 15.2. The van der Waals surface area contributed by atoms with Gasteiger partial charge in [-0.05, 0) is 36.3 Å². The number of carbonyl (C=O) groups is 2. The summed E-state index contributed by atoms with van der Waals surface area (Å²) < 4.78 is 0.374. The summed E-state index contributed by atoms with van der Waals surface area (Å²) in [5.41, 5.74) is 8.12. The lowest BCUT2D eigenvalue weighted by Crippen LogP contribution is -2.41. The molecule has 5 nitrogen and oxygen atoms in total. The van der Waals surface area contributed by atoms with Crippen molar-refractivity contribution in [3.8, 4) is 0 Å². The maximum Gasteiger partial charge on any atom is 0.266 e. The molecular weight excluding hydrogens is 390 g/mol. The monoisotopic (exact) mass is 409 g/mol. The molecule has 2 amide bonds. The van der Waals surface area contributed by atoms with E-state index in [9.17, 15) is 9.59 Å². The Labute approximate surface area is 173 Å². The van der Waals surface area contributed by atoms with Crippen molar-refractivity contribution in [1.29, 1.82) is 0 Å². The molecular formula is C21H19N3O2S2. The number of thioether (sulfide) groups is 1. The average Bonchev–Trinajstić information content (AvgIpc) is 2.95. The van der Waals surface area contributed by atoms with E-state index in [1.165, 1.54) is 16.7 Å². The van der Waals surface area contributed by atoms with Gasteiger partial charge in [-0.25, -0.2) is 0 Å². The standard InChI is InChI=1S/C21H19N3O2S2/c1-15(12-16-8-4-2-5-9-16)13-18-20(26)24(21(27)28-18)14-19(25)23-22-17-10-6-3-7-11-17/h2-13,22H,14H2,1H3,(H,23,25). The lowest BCUT2D eigenvalue weighted by atomic mass is 10.1. The second kappa shape index (κ2) is 9.34. The molecule has 28 heavy (non-hydrogen) atoms. The number of thiocarbonyl (C=S) groups is 1. The third kappa shape index (κ3) is 5.31. The topological polar surface area (TPSA) is 61.4 Å². The predicted molar refractivity (Wildman–Crippen MR) is 118 cm³/mol. The van der Waals surface area contributed by atoms with Crippen LogP contribution in [0.15, 0.2) is 77.2 Å². The molecule has 0 bridgehead atoms. The van der Waals surface area contributed by atoms with Crippen LogP contribution in [-0.4, -0.2) is 27.6 Å². The molecule has 0 aliphatic carbocycles.